The van der Waals surface area contributed by atoms with Gasteiger partial charge in [-0.25, -0.2) is 8.42 Å². The number of rotatable bonds is 5. The summed E-state index contributed by atoms with van der Waals surface area (Å²) in [6, 6.07) is 4.69. The van der Waals surface area contributed by atoms with E-state index in [0.717, 1.165) is 0 Å². The standard InChI is InChI=1S/C9H9ClINO4S/c10-6-1-2-8(7(11)5-6)12-17(15,16)4-3-9(13)14/h1-2,5,12H,3-4H2,(H,13,14). The van der Waals surface area contributed by atoms with Gasteiger partial charge in [0, 0.05) is 8.59 Å². The Bertz CT molecular complexity index is 532. The van der Waals surface area contributed by atoms with Gasteiger partial charge in [-0.2, -0.15) is 0 Å². The number of hydrogen-bond acceptors (Lipinski definition) is 3. The third kappa shape index (κ3) is 5.09. The summed E-state index contributed by atoms with van der Waals surface area (Å²) in [4.78, 5) is 10.3. The maximum atomic E-state index is 11.5. The van der Waals surface area contributed by atoms with Crippen molar-refractivity contribution < 1.29 is 18.3 Å². The molecule has 0 fully saturated rings. The quantitative estimate of drug-likeness (QED) is 0.756. The lowest BCUT2D eigenvalue weighted by Crippen LogP contribution is -2.19. The summed E-state index contributed by atoms with van der Waals surface area (Å²) in [5, 5.41) is 8.93. The molecule has 1 rings (SSSR count). The van der Waals surface area contributed by atoms with Crippen LogP contribution < -0.4 is 4.72 Å². The van der Waals surface area contributed by atoms with E-state index in [4.69, 9.17) is 16.7 Å². The summed E-state index contributed by atoms with van der Waals surface area (Å²) in [6.07, 6.45) is -0.431. The number of aliphatic carboxylic acids is 1. The molecule has 0 spiro atoms. The summed E-state index contributed by atoms with van der Waals surface area (Å²) < 4.78 is 26.0. The monoisotopic (exact) mass is 389 g/mol. The van der Waals surface area contributed by atoms with Crippen LogP contribution in [0.2, 0.25) is 5.02 Å². The molecule has 0 aliphatic rings. The van der Waals surface area contributed by atoms with E-state index in [2.05, 4.69) is 4.72 Å². The van der Waals surface area contributed by atoms with Crippen LogP contribution in [0.3, 0.4) is 0 Å². The Kier molecular flexibility index (Phi) is 5.02. The highest BCUT2D eigenvalue weighted by Gasteiger charge is 2.14. The summed E-state index contributed by atoms with van der Waals surface area (Å²) in [5.74, 6) is -1.61. The highest BCUT2D eigenvalue weighted by molar-refractivity contribution is 14.1. The van der Waals surface area contributed by atoms with Crippen molar-refractivity contribution in [3.05, 3.63) is 26.8 Å². The molecule has 0 heterocycles. The minimum Gasteiger partial charge on any atom is -0.481 e. The van der Waals surface area contributed by atoms with E-state index >= 15 is 0 Å². The van der Waals surface area contributed by atoms with Gasteiger partial charge in [0.25, 0.3) is 0 Å². The molecule has 1 aromatic rings. The Morgan fingerprint density at radius 3 is 2.65 bits per heavy atom. The average Bonchev–Trinajstić information content (AvgIpc) is 2.20. The molecule has 94 valence electrons. The maximum absolute atomic E-state index is 11.5. The fraction of sp³-hybridized carbons (Fsp3) is 0.222. The van der Waals surface area contributed by atoms with Gasteiger partial charge in [0.15, 0.2) is 0 Å². The molecule has 0 bridgehead atoms. The number of hydrogen-bond donors (Lipinski definition) is 2. The van der Waals surface area contributed by atoms with Crippen LogP contribution in [-0.2, 0) is 14.8 Å². The number of carboxylic acid groups (broad SMARTS) is 1. The minimum absolute atomic E-state index is 0.389. The molecule has 0 aliphatic heterocycles. The summed E-state index contributed by atoms with van der Waals surface area (Å²) in [7, 11) is -3.64. The molecule has 0 aromatic heterocycles. The van der Waals surface area contributed by atoms with E-state index in [9.17, 15) is 13.2 Å². The highest BCUT2D eigenvalue weighted by Crippen LogP contribution is 2.23. The number of anilines is 1. The van der Waals surface area contributed by atoms with Crippen molar-refractivity contribution >= 4 is 55.9 Å². The number of halogens is 2. The molecule has 0 amide bonds. The lowest BCUT2D eigenvalue weighted by Gasteiger charge is -2.08. The first-order chi connectivity index (χ1) is 7.80. The molecular formula is C9H9ClINO4S. The van der Waals surface area contributed by atoms with E-state index in [1.807, 2.05) is 22.6 Å². The zero-order chi connectivity index (χ0) is 13.1. The van der Waals surface area contributed by atoms with Gasteiger partial charge < -0.3 is 5.11 Å². The molecule has 0 saturated heterocycles. The van der Waals surface area contributed by atoms with Crippen molar-refractivity contribution in [3.63, 3.8) is 0 Å². The molecule has 0 radical (unpaired) electrons. The van der Waals surface area contributed by atoms with Gasteiger partial charge in [0.05, 0.1) is 17.9 Å². The van der Waals surface area contributed by atoms with Crippen LogP contribution in [-0.4, -0.2) is 25.2 Å². The van der Waals surface area contributed by atoms with Crippen molar-refractivity contribution in [2.24, 2.45) is 0 Å². The zero-order valence-electron chi connectivity index (χ0n) is 8.48. The molecule has 5 nitrogen and oxygen atoms in total. The van der Waals surface area contributed by atoms with Crippen LogP contribution in [0, 0.1) is 3.57 Å². The Morgan fingerprint density at radius 2 is 2.12 bits per heavy atom. The SMILES string of the molecule is O=C(O)CCS(=O)(=O)Nc1ccc(Cl)cc1I. The zero-order valence-corrected chi connectivity index (χ0v) is 12.2. The third-order valence-electron chi connectivity index (χ3n) is 1.78. The number of carbonyl (C=O) groups is 1. The van der Waals surface area contributed by atoms with Crippen LogP contribution in [0.1, 0.15) is 6.42 Å². The van der Waals surface area contributed by atoms with Crippen molar-refractivity contribution in [2.45, 2.75) is 6.42 Å². The molecule has 0 unspecified atom stereocenters. The van der Waals surface area contributed by atoms with Crippen LogP contribution in [0.15, 0.2) is 18.2 Å². The normalized spacial score (nSPS) is 11.2. The Labute approximate surface area is 117 Å². The average molecular weight is 390 g/mol. The largest absolute Gasteiger partial charge is 0.481 e. The predicted molar refractivity (Wildman–Crippen MR) is 73.8 cm³/mol. The fourth-order valence-corrected chi connectivity index (χ4v) is 3.26. The molecule has 0 saturated carbocycles. The predicted octanol–water partition coefficient (Wildman–Crippen LogP) is 2.16. The lowest BCUT2D eigenvalue weighted by atomic mass is 10.3. The van der Waals surface area contributed by atoms with Crippen molar-refractivity contribution in [1.29, 1.82) is 0 Å². The number of nitrogens with one attached hydrogen (secondary N) is 1. The summed E-state index contributed by atoms with van der Waals surface area (Å²) in [6.45, 7) is 0. The Hall–Kier alpha value is -0.540. The molecule has 0 atom stereocenters. The Balaban J connectivity index is 2.79. The summed E-state index contributed by atoms with van der Waals surface area (Å²) in [5.41, 5.74) is 0.389. The van der Waals surface area contributed by atoms with Gasteiger partial charge in [0.2, 0.25) is 10.0 Å². The second-order valence-electron chi connectivity index (χ2n) is 3.19. The van der Waals surface area contributed by atoms with E-state index in [0.29, 0.717) is 14.3 Å². The molecular weight excluding hydrogens is 381 g/mol. The minimum atomic E-state index is -3.64. The van der Waals surface area contributed by atoms with Crippen molar-refractivity contribution in [3.8, 4) is 0 Å². The molecule has 1 aromatic carbocycles. The first kappa shape index (κ1) is 14.5. The van der Waals surface area contributed by atoms with Gasteiger partial charge >= 0.3 is 5.97 Å². The second-order valence-corrected chi connectivity index (χ2v) is 6.63. The Morgan fingerprint density at radius 1 is 1.47 bits per heavy atom. The van der Waals surface area contributed by atoms with Gasteiger partial charge in [0.1, 0.15) is 0 Å². The van der Waals surface area contributed by atoms with Crippen LogP contribution >= 0.6 is 34.2 Å². The van der Waals surface area contributed by atoms with E-state index < -0.39 is 28.2 Å². The smallest absolute Gasteiger partial charge is 0.304 e. The lowest BCUT2D eigenvalue weighted by molar-refractivity contribution is -0.136. The highest BCUT2D eigenvalue weighted by atomic mass is 127. The van der Waals surface area contributed by atoms with Crippen LogP contribution in [0.5, 0.6) is 0 Å². The van der Waals surface area contributed by atoms with E-state index in [1.54, 1.807) is 12.1 Å². The molecule has 8 heteroatoms. The number of carboxylic acids is 1. The van der Waals surface area contributed by atoms with E-state index in [-0.39, 0.29) is 0 Å². The van der Waals surface area contributed by atoms with Crippen molar-refractivity contribution in [2.75, 3.05) is 10.5 Å². The summed E-state index contributed by atoms with van der Waals surface area (Å²) >= 11 is 7.67. The second kappa shape index (κ2) is 5.87. The van der Waals surface area contributed by atoms with Gasteiger partial charge in [-0.1, -0.05) is 11.6 Å². The molecule has 17 heavy (non-hydrogen) atoms. The molecule has 2 N–H and O–H groups in total. The van der Waals surface area contributed by atoms with E-state index in [1.165, 1.54) is 6.07 Å². The molecule has 0 aliphatic carbocycles. The topological polar surface area (TPSA) is 83.5 Å². The van der Waals surface area contributed by atoms with Gasteiger partial charge in [-0.3, -0.25) is 9.52 Å². The van der Waals surface area contributed by atoms with Crippen LogP contribution in [0.4, 0.5) is 5.69 Å². The number of benzene rings is 1. The maximum Gasteiger partial charge on any atom is 0.304 e. The first-order valence-corrected chi connectivity index (χ1v) is 7.58. The van der Waals surface area contributed by atoms with Crippen molar-refractivity contribution in [1.82, 2.24) is 0 Å². The fourth-order valence-electron chi connectivity index (χ4n) is 1.01. The number of sulfonamides is 1. The first-order valence-electron chi connectivity index (χ1n) is 4.47. The van der Waals surface area contributed by atoms with Crippen LogP contribution in [0.25, 0.3) is 0 Å². The van der Waals surface area contributed by atoms with Gasteiger partial charge in [-0.05, 0) is 40.8 Å². The van der Waals surface area contributed by atoms with Gasteiger partial charge in [-0.15, -0.1) is 0 Å². The third-order valence-corrected chi connectivity index (χ3v) is 4.18.